The van der Waals surface area contributed by atoms with Crippen LogP contribution in [0.2, 0.25) is 5.02 Å². The lowest BCUT2D eigenvalue weighted by Crippen LogP contribution is -2.20. The van der Waals surface area contributed by atoms with Gasteiger partial charge in [-0.1, -0.05) is 11.6 Å². The van der Waals surface area contributed by atoms with E-state index in [-0.39, 0.29) is 10.9 Å². The minimum atomic E-state index is -3.45. The van der Waals surface area contributed by atoms with Crippen LogP contribution in [0.5, 0.6) is 5.88 Å². The SMILES string of the molecule is COc1nccc(Cl)c1C(F)(F)CO. The molecule has 0 saturated carbocycles. The Morgan fingerprint density at radius 3 is 2.79 bits per heavy atom. The van der Waals surface area contributed by atoms with Gasteiger partial charge in [-0.25, -0.2) is 4.98 Å². The van der Waals surface area contributed by atoms with Crippen LogP contribution in [0.1, 0.15) is 5.56 Å². The Hall–Kier alpha value is -0.940. The van der Waals surface area contributed by atoms with Gasteiger partial charge in [0.25, 0.3) is 0 Å². The standard InChI is InChI=1S/C8H8ClF2NO2/c1-14-7-6(8(10,11)4-13)5(9)2-3-12-7/h2-3,13H,4H2,1H3. The molecular formula is C8H8ClF2NO2. The van der Waals surface area contributed by atoms with Crippen molar-refractivity contribution in [2.75, 3.05) is 13.7 Å². The average Bonchev–Trinajstić information content (AvgIpc) is 2.17. The van der Waals surface area contributed by atoms with Gasteiger partial charge in [-0.3, -0.25) is 0 Å². The van der Waals surface area contributed by atoms with Gasteiger partial charge in [0.1, 0.15) is 12.2 Å². The van der Waals surface area contributed by atoms with Crippen molar-refractivity contribution < 1.29 is 18.6 Å². The number of alkyl halides is 2. The van der Waals surface area contributed by atoms with Gasteiger partial charge >= 0.3 is 5.92 Å². The van der Waals surface area contributed by atoms with E-state index in [4.69, 9.17) is 16.7 Å². The maximum absolute atomic E-state index is 13.1. The van der Waals surface area contributed by atoms with Crippen molar-refractivity contribution >= 4 is 11.6 Å². The highest BCUT2D eigenvalue weighted by molar-refractivity contribution is 6.31. The van der Waals surface area contributed by atoms with Gasteiger partial charge < -0.3 is 9.84 Å². The molecule has 0 fully saturated rings. The number of nitrogens with zero attached hydrogens (tertiary/aromatic N) is 1. The summed E-state index contributed by atoms with van der Waals surface area (Å²) in [4.78, 5) is 3.57. The third kappa shape index (κ3) is 1.93. The molecule has 6 heteroatoms. The summed E-state index contributed by atoms with van der Waals surface area (Å²) in [5.41, 5.74) is -0.591. The van der Waals surface area contributed by atoms with Crippen LogP contribution in [0.15, 0.2) is 12.3 Å². The number of hydrogen-bond donors (Lipinski definition) is 1. The van der Waals surface area contributed by atoms with Gasteiger partial charge in [-0.2, -0.15) is 8.78 Å². The predicted octanol–water partition coefficient (Wildman–Crippen LogP) is 1.83. The molecule has 0 saturated heterocycles. The first-order valence-electron chi connectivity index (χ1n) is 3.70. The predicted molar refractivity (Wildman–Crippen MR) is 46.8 cm³/mol. The lowest BCUT2D eigenvalue weighted by Gasteiger charge is -2.16. The van der Waals surface area contributed by atoms with Gasteiger partial charge in [0.15, 0.2) is 0 Å². The largest absolute Gasteiger partial charge is 0.481 e. The molecular weight excluding hydrogens is 216 g/mol. The zero-order chi connectivity index (χ0) is 10.8. The highest BCUT2D eigenvalue weighted by Gasteiger charge is 2.37. The molecule has 1 N–H and O–H groups in total. The van der Waals surface area contributed by atoms with Crippen LogP contribution in [-0.2, 0) is 5.92 Å². The van der Waals surface area contributed by atoms with E-state index in [2.05, 4.69) is 9.72 Å². The molecule has 1 heterocycles. The van der Waals surface area contributed by atoms with E-state index in [1.54, 1.807) is 0 Å². The van der Waals surface area contributed by atoms with Crippen molar-refractivity contribution in [2.45, 2.75) is 5.92 Å². The summed E-state index contributed by atoms with van der Waals surface area (Å²) in [6.07, 6.45) is 1.25. The zero-order valence-electron chi connectivity index (χ0n) is 7.30. The number of halogens is 3. The first-order chi connectivity index (χ1) is 6.53. The molecule has 0 spiro atoms. The molecule has 3 nitrogen and oxygen atoms in total. The van der Waals surface area contributed by atoms with Crippen LogP contribution in [0.25, 0.3) is 0 Å². The zero-order valence-corrected chi connectivity index (χ0v) is 8.05. The van der Waals surface area contributed by atoms with Crippen molar-refractivity contribution in [3.05, 3.63) is 22.8 Å². The molecule has 0 aliphatic carbocycles. The molecule has 0 aromatic carbocycles. The van der Waals surface area contributed by atoms with Crippen LogP contribution in [0.3, 0.4) is 0 Å². The second-order valence-corrected chi connectivity index (χ2v) is 2.95. The third-order valence-electron chi connectivity index (χ3n) is 1.62. The number of methoxy groups -OCH3 is 1. The van der Waals surface area contributed by atoms with Crippen molar-refractivity contribution in [3.63, 3.8) is 0 Å². The summed E-state index contributed by atoms with van der Waals surface area (Å²) in [7, 11) is 1.20. The normalized spacial score (nSPS) is 11.5. The fourth-order valence-electron chi connectivity index (χ4n) is 0.985. The molecule has 1 aromatic rings. The second kappa shape index (κ2) is 4.06. The van der Waals surface area contributed by atoms with Gasteiger partial charge in [0, 0.05) is 6.20 Å². The highest BCUT2D eigenvalue weighted by Crippen LogP contribution is 2.37. The fraction of sp³-hybridized carbons (Fsp3) is 0.375. The van der Waals surface area contributed by atoms with E-state index < -0.39 is 18.1 Å². The summed E-state index contributed by atoms with van der Waals surface area (Å²) in [6.45, 7) is -1.34. The summed E-state index contributed by atoms with van der Waals surface area (Å²) >= 11 is 5.56. The second-order valence-electron chi connectivity index (χ2n) is 2.54. The Balaban J connectivity index is 3.30. The summed E-state index contributed by atoms with van der Waals surface area (Å²) in [5.74, 6) is -3.73. The van der Waals surface area contributed by atoms with Gasteiger partial charge in [-0.05, 0) is 6.07 Å². The monoisotopic (exact) mass is 223 g/mol. The fourth-order valence-corrected chi connectivity index (χ4v) is 1.26. The van der Waals surface area contributed by atoms with Gasteiger partial charge in [-0.15, -0.1) is 0 Å². The van der Waals surface area contributed by atoms with Crippen LogP contribution in [0.4, 0.5) is 8.78 Å². The van der Waals surface area contributed by atoms with Gasteiger partial charge in [0.2, 0.25) is 5.88 Å². The average molecular weight is 224 g/mol. The minimum Gasteiger partial charge on any atom is -0.481 e. The quantitative estimate of drug-likeness (QED) is 0.850. The van der Waals surface area contributed by atoms with Crippen molar-refractivity contribution in [1.29, 1.82) is 0 Å². The van der Waals surface area contributed by atoms with E-state index in [1.165, 1.54) is 19.4 Å². The summed E-state index contributed by atoms with van der Waals surface area (Å²) in [6, 6.07) is 1.21. The number of pyridine rings is 1. The van der Waals surface area contributed by atoms with E-state index >= 15 is 0 Å². The molecule has 1 rings (SSSR count). The van der Waals surface area contributed by atoms with Crippen LogP contribution >= 0.6 is 11.6 Å². The number of hydrogen-bond acceptors (Lipinski definition) is 3. The van der Waals surface area contributed by atoms with E-state index in [0.717, 1.165) is 0 Å². The summed E-state index contributed by atoms with van der Waals surface area (Å²) < 4.78 is 30.9. The Morgan fingerprint density at radius 1 is 1.64 bits per heavy atom. The van der Waals surface area contributed by atoms with Crippen molar-refractivity contribution in [2.24, 2.45) is 0 Å². The number of aliphatic hydroxyl groups is 1. The molecule has 1 aromatic heterocycles. The van der Waals surface area contributed by atoms with Crippen LogP contribution in [-0.4, -0.2) is 23.8 Å². The molecule has 78 valence electrons. The first kappa shape index (κ1) is 11.1. The molecule has 0 unspecified atom stereocenters. The minimum absolute atomic E-state index is 0.184. The maximum atomic E-state index is 13.1. The van der Waals surface area contributed by atoms with Crippen molar-refractivity contribution in [1.82, 2.24) is 4.98 Å². The molecule has 0 amide bonds. The third-order valence-corrected chi connectivity index (χ3v) is 1.94. The molecule has 0 atom stereocenters. The number of rotatable bonds is 3. The first-order valence-corrected chi connectivity index (χ1v) is 4.08. The molecule has 0 aliphatic heterocycles. The maximum Gasteiger partial charge on any atom is 0.302 e. The van der Waals surface area contributed by atoms with Crippen LogP contribution < -0.4 is 4.74 Å². The lowest BCUT2D eigenvalue weighted by atomic mass is 10.1. The smallest absolute Gasteiger partial charge is 0.302 e. The Kier molecular flexibility index (Phi) is 3.23. The number of ether oxygens (including phenoxy) is 1. The van der Waals surface area contributed by atoms with E-state index in [1.807, 2.05) is 0 Å². The Bertz CT molecular complexity index is 333. The molecule has 0 bridgehead atoms. The Morgan fingerprint density at radius 2 is 2.29 bits per heavy atom. The molecule has 0 radical (unpaired) electrons. The summed E-state index contributed by atoms with van der Waals surface area (Å²) in [5, 5.41) is 8.32. The molecule has 14 heavy (non-hydrogen) atoms. The number of aromatic nitrogens is 1. The number of aliphatic hydroxyl groups excluding tert-OH is 1. The Labute approximate surface area is 84.3 Å². The van der Waals surface area contributed by atoms with E-state index in [9.17, 15) is 8.78 Å². The van der Waals surface area contributed by atoms with E-state index in [0.29, 0.717) is 0 Å². The van der Waals surface area contributed by atoms with Gasteiger partial charge in [0.05, 0.1) is 12.1 Å². The highest BCUT2D eigenvalue weighted by atomic mass is 35.5. The van der Waals surface area contributed by atoms with Crippen LogP contribution in [0, 0.1) is 0 Å². The lowest BCUT2D eigenvalue weighted by molar-refractivity contribution is -0.0574. The molecule has 0 aliphatic rings. The topological polar surface area (TPSA) is 42.4 Å². The van der Waals surface area contributed by atoms with Crippen molar-refractivity contribution in [3.8, 4) is 5.88 Å².